The van der Waals surface area contributed by atoms with E-state index >= 15 is 0 Å². The van der Waals surface area contributed by atoms with E-state index in [2.05, 4.69) is 138 Å². The highest BCUT2D eigenvalue weighted by molar-refractivity contribution is 7.27. The Morgan fingerprint density at radius 3 is 1.56 bits per heavy atom. The minimum absolute atomic E-state index is 0.655. The van der Waals surface area contributed by atoms with Crippen molar-refractivity contribution < 1.29 is 0 Å². The molecule has 4 nitrogen and oxygen atoms in total. The fraction of sp³-hybridized carbons (Fsp3) is 0. The average molecular weight is 657 g/mol. The van der Waals surface area contributed by atoms with Gasteiger partial charge in [0.2, 0.25) is 0 Å². The molecular formula is C45H28N4S. The van der Waals surface area contributed by atoms with Crippen molar-refractivity contribution in [2.24, 2.45) is 0 Å². The summed E-state index contributed by atoms with van der Waals surface area (Å²) in [4.78, 5) is 15.3. The summed E-state index contributed by atoms with van der Waals surface area (Å²) >= 11 is 1.83. The molecule has 0 saturated carbocycles. The van der Waals surface area contributed by atoms with Crippen molar-refractivity contribution in [3.05, 3.63) is 170 Å². The topological polar surface area (TPSA) is 43.6 Å². The van der Waals surface area contributed by atoms with Crippen LogP contribution in [0.3, 0.4) is 0 Å². The molecule has 0 N–H and O–H groups in total. The molecule has 10 rings (SSSR count). The van der Waals surface area contributed by atoms with Gasteiger partial charge in [0.1, 0.15) is 0 Å². The van der Waals surface area contributed by atoms with Crippen LogP contribution in [0.15, 0.2) is 170 Å². The minimum Gasteiger partial charge on any atom is -0.308 e. The Bertz CT molecular complexity index is 2780. The van der Waals surface area contributed by atoms with Gasteiger partial charge < -0.3 is 4.57 Å². The fourth-order valence-corrected chi connectivity index (χ4v) is 8.57. The molecule has 0 atom stereocenters. The third kappa shape index (κ3) is 4.55. The van der Waals surface area contributed by atoms with Gasteiger partial charge in [0.05, 0.1) is 15.7 Å². The van der Waals surface area contributed by atoms with Crippen LogP contribution in [0.25, 0.3) is 93.0 Å². The third-order valence-electron chi connectivity index (χ3n) is 9.46. The highest BCUT2D eigenvalue weighted by Crippen LogP contribution is 2.48. The Morgan fingerprint density at radius 2 is 0.900 bits per heavy atom. The summed E-state index contributed by atoms with van der Waals surface area (Å²) < 4.78 is 4.82. The second-order valence-electron chi connectivity index (χ2n) is 12.4. The highest BCUT2D eigenvalue weighted by atomic mass is 32.1. The van der Waals surface area contributed by atoms with E-state index in [1.807, 2.05) is 47.7 Å². The second-order valence-corrected chi connectivity index (χ2v) is 13.4. The van der Waals surface area contributed by atoms with Crippen LogP contribution in [0, 0.1) is 0 Å². The Morgan fingerprint density at radius 1 is 0.380 bits per heavy atom. The molecule has 0 radical (unpaired) electrons. The minimum atomic E-state index is 0.655. The number of nitrogens with zero attached hydrogens (tertiary/aromatic N) is 4. The molecule has 0 unspecified atom stereocenters. The van der Waals surface area contributed by atoms with Gasteiger partial charge in [0, 0.05) is 48.6 Å². The van der Waals surface area contributed by atoms with Crippen LogP contribution >= 0.6 is 11.3 Å². The smallest absolute Gasteiger partial charge is 0.165 e. The van der Waals surface area contributed by atoms with Crippen LogP contribution in [0.1, 0.15) is 0 Å². The summed E-state index contributed by atoms with van der Waals surface area (Å²) in [6.45, 7) is 0. The van der Waals surface area contributed by atoms with Gasteiger partial charge in [-0.15, -0.1) is 11.3 Å². The summed E-state index contributed by atoms with van der Waals surface area (Å²) in [6.07, 6.45) is 0. The van der Waals surface area contributed by atoms with Crippen molar-refractivity contribution in [3.8, 4) is 51.0 Å². The molecule has 234 valence electrons. The quantitative estimate of drug-likeness (QED) is 0.185. The summed E-state index contributed by atoms with van der Waals surface area (Å²) in [5.74, 6) is 1.97. The molecule has 0 bridgehead atoms. The summed E-state index contributed by atoms with van der Waals surface area (Å²) in [6, 6.07) is 59.5. The molecule has 7 aromatic carbocycles. The van der Waals surface area contributed by atoms with E-state index < -0.39 is 0 Å². The van der Waals surface area contributed by atoms with Crippen LogP contribution in [0.4, 0.5) is 0 Å². The molecule has 0 aliphatic carbocycles. The molecule has 3 heterocycles. The summed E-state index contributed by atoms with van der Waals surface area (Å²) in [5, 5.41) is 4.91. The van der Waals surface area contributed by atoms with Gasteiger partial charge >= 0.3 is 0 Å². The molecule has 50 heavy (non-hydrogen) atoms. The first-order chi connectivity index (χ1) is 24.8. The maximum Gasteiger partial charge on any atom is 0.165 e. The lowest BCUT2D eigenvalue weighted by atomic mass is 9.96. The van der Waals surface area contributed by atoms with Crippen LogP contribution in [-0.4, -0.2) is 19.5 Å². The zero-order chi connectivity index (χ0) is 33.0. The first-order valence-electron chi connectivity index (χ1n) is 16.7. The van der Waals surface area contributed by atoms with E-state index in [0.717, 1.165) is 27.1 Å². The number of hydrogen-bond donors (Lipinski definition) is 0. The normalized spacial score (nSPS) is 11.6. The maximum atomic E-state index is 5.16. The Labute approximate surface area is 292 Å². The predicted octanol–water partition coefficient (Wildman–Crippen LogP) is 12.0. The van der Waals surface area contributed by atoms with Crippen LogP contribution in [0.2, 0.25) is 0 Å². The van der Waals surface area contributed by atoms with Gasteiger partial charge in [-0.05, 0) is 35.4 Å². The average Bonchev–Trinajstić information content (AvgIpc) is 3.75. The SMILES string of the molecule is c1ccc(-c2nc(-c3ccccc3)nc(-c3ccc(-c4ccccc4)c4c3sc3c4ccc4c5ccccc5n(-c5ccccc5)c43)n2)cc1. The van der Waals surface area contributed by atoms with Gasteiger partial charge in [-0.25, -0.2) is 15.0 Å². The number of benzene rings is 7. The van der Waals surface area contributed by atoms with Crippen molar-refractivity contribution >= 4 is 53.3 Å². The van der Waals surface area contributed by atoms with Gasteiger partial charge in [-0.1, -0.05) is 146 Å². The summed E-state index contributed by atoms with van der Waals surface area (Å²) in [7, 11) is 0. The molecule has 0 saturated heterocycles. The highest BCUT2D eigenvalue weighted by Gasteiger charge is 2.23. The van der Waals surface area contributed by atoms with Crippen molar-refractivity contribution in [1.29, 1.82) is 0 Å². The molecule has 0 fully saturated rings. The molecule has 0 amide bonds. The van der Waals surface area contributed by atoms with E-state index in [9.17, 15) is 0 Å². The molecule has 5 heteroatoms. The number of hydrogen-bond acceptors (Lipinski definition) is 4. The summed E-state index contributed by atoms with van der Waals surface area (Å²) in [5.41, 5.74) is 8.83. The Balaban J connectivity index is 1.34. The predicted molar refractivity (Wildman–Crippen MR) is 209 cm³/mol. The zero-order valence-corrected chi connectivity index (χ0v) is 27.7. The largest absolute Gasteiger partial charge is 0.308 e. The van der Waals surface area contributed by atoms with Crippen molar-refractivity contribution in [2.75, 3.05) is 0 Å². The van der Waals surface area contributed by atoms with Crippen molar-refractivity contribution in [3.63, 3.8) is 0 Å². The van der Waals surface area contributed by atoms with Crippen LogP contribution in [0.5, 0.6) is 0 Å². The molecule has 0 aliphatic heterocycles. The van der Waals surface area contributed by atoms with Crippen LogP contribution < -0.4 is 0 Å². The van der Waals surface area contributed by atoms with Crippen LogP contribution in [-0.2, 0) is 0 Å². The van der Waals surface area contributed by atoms with E-state index in [1.165, 1.54) is 48.4 Å². The Hall–Kier alpha value is -6.43. The number of rotatable bonds is 5. The van der Waals surface area contributed by atoms with Crippen molar-refractivity contribution in [1.82, 2.24) is 19.5 Å². The molecule has 10 aromatic rings. The monoisotopic (exact) mass is 656 g/mol. The number of thiophene rings is 1. The Kier molecular flexibility index (Phi) is 6.64. The van der Waals surface area contributed by atoms with E-state index in [4.69, 9.17) is 15.0 Å². The maximum absolute atomic E-state index is 5.16. The van der Waals surface area contributed by atoms with E-state index in [0.29, 0.717) is 17.5 Å². The van der Waals surface area contributed by atoms with Gasteiger partial charge in [-0.3, -0.25) is 0 Å². The van der Waals surface area contributed by atoms with Crippen molar-refractivity contribution in [2.45, 2.75) is 0 Å². The molecule has 0 spiro atoms. The zero-order valence-electron chi connectivity index (χ0n) is 26.9. The molecule has 0 aliphatic rings. The number of para-hydroxylation sites is 2. The fourth-order valence-electron chi connectivity index (χ4n) is 7.19. The first kappa shape index (κ1) is 28.6. The standard InChI is InChI=1S/C45H28N4S/c1-5-15-29(16-6-1)33-25-28-37(45-47-43(30-17-7-2-8-18-30)46-44(48-45)31-19-9-3-10-20-31)41-39(33)36-27-26-35-34-23-13-14-24-38(34)49(40(35)42(36)50-41)32-21-11-4-12-22-32/h1-28H. The molecular weight excluding hydrogens is 629 g/mol. The first-order valence-corrected chi connectivity index (χ1v) is 17.5. The lowest BCUT2D eigenvalue weighted by Crippen LogP contribution is -2.00. The van der Waals surface area contributed by atoms with Gasteiger partial charge in [-0.2, -0.15) is 0 Å². The van der Waals surface area contributed by atoms with Gasteiger partial charge in [0.15, 0.2) is 17.5 Å². The third-order valence-corrected chi connectivity index (χ3v) is 10.7. The lowest BCUT2D eigenvalue weighted by molar-refractivity contribution is 1.08. The lowest BCUT2D eigenvalue weighted by Gasteiger charge is -2.11. The second kappa shape index (κ2) is 11.6. The molecule has 3 aromatic heterocycles. The van der Waals surface area contributed by atoms with E-state index in [-0.39, 0.29) is 0 Å². The van der Waals surface area contributed by atoms with E-state index in [1.54, 1.807) is 0 Å². The number of aromatic nitrogens is 4. The number of fused-ring (bicyclic) bond motifs is 7. The van der Waals surface area contributed by atoms with Gasteiger partial charge in [0.25, 0.3) is 0 Å².